The second-order valence-electron chi connectivity index (χ2n) is 6.22. The molecule has 0 aromatic heterocycles. The minimum atomic E-state index is -0.961. The van der Waals surface area contributed by atoms with Crippen LogP contribution in [0.15, 0.2) is 30.4 Å². The molecule has 1 aliphatic heterocycles. The first-order valence-corrected chi connectivity index (χ1v) is 8.78. The van der Waals surface area contributed by atoms with Crippen LogP contribution in [0, 0.1) is 11.8 Å². The van der Waals surface area contributed by atoms with E-state index in [-0.39, 0.29) is 30.3 Å². The summed E-state index contributed by atoms with van der Waals surface area (Å²) in [4.78, 5) is 38.4. The smallest absolute Gasteiger partial charge is 0.329 e. The van der Waals surface area contributed by atoms with E-state index in [1.165, 1.54) is 6.92 Å². The first kappa shape index (κ1) is 18.0. The van der Waals surface area contributed by atoms with E-state index in [9.17, 15) is 14.4 Å². The van der Waals surface area contributed by atoms with Crippen LogP contribution in [-0.4, -0.2) is 28.7 Å². The third-order valence-corrected chi connectivity index (χ3v) is 5.24. The monoisotopic (exact) mass is 381 g/mol. The number of ether oxygens (including phenoxy) is 1. The molecule has 1 aromatic carbocycles. The fourth-order valence-corrected chi connectivity index (χ4v) is 3.68. The maximum absolute atomic E-state index is 12.5. The zero-order valence-electron chi connectivity index (χ0n) is 13.6. The molecule has 1 aromatic rings. The molecule has 25 heavy (non-hydrogen) atoms. The number of hydrogen-bond donors (Lipinski definition) is 0. The number of carbonyl (C=O) groups excluding carboxylic acids is 3. The van der Waals surface area contributed by atoms with E-state index in [2.05, 4.69) is 0 Å². The summed E-state index contributed by atoms with van der Waals surface area (Å²) in [7, 11) is 0. The van der Waals surface area contributed by atoms with Gasteiger partial charge in [0.05, 0.1) is 11.8 Å². The first-order valence-electron chi connectivity index (χ1n) is 8.02. The number of hydrogen-bond acceptors (Lipinski definition) is 4. The number of allylic oxidation sites excluding steroid dienone is 2. The number of imide groups is 1. The lowest BCUT2D eigenvalue weighted by atomic mass is 9.85. The number of benzene rings is 1. The van der Waals surface area contributed by atoms with Crippen molar-refractivity contribution < 1.29 is 19.1 Å². The normalized spacial score (nSPS) is 23.6. The van der Waals surface area contributed by atoms with Gasteiger partial charge < -0.3 is 4.74 Å². The highest BCUT2D eigenvalue weighted by molar-refractivity contribution is 6.35. The van der Waals surface area contributed by atoms with E-state index in [1.54, 1.807) is 18.2 Å². The van der Waals surface area contributed by atoms with Crippen molar-refractivity contribution in [3.8, 4) is 0 Å². The molecule has 5 nitrogen and oxygen atoms in total. The van der Waals surface area contributed by atoms with E-state index in [4.69, 9.17) is 27.9 Å². The fraction of sp³-hybridized carbons (Fsp3) is 0.389. The SMILES string of the molecule is C[C@@H](C(=O)OCc1ccc(Cl)cc1Cl)N1C(=O)[C@@H]2CC=CC[C@H]2C1=O. The molecule has 0 N–H and O–H groups in total. The fourth-order valence-electron chi connectivity index (χ4n) is 3.22. The molecule has 0 spiro atoms. The van der Waals surface area contributed by atoms with Gasteiger partial charge in [-0.1, -0.05) is 41.4 Å². The standard InChI is InChI=1S/C18H17Cl2NO4/c1-10(18(24)25-9-11-6-7-12(19)8-15(11)20)21-16(22)13-4-2-3-5-14(13)17(21)23/h2-3,6-8,10,13-14H,4-5,9H2,1H3/t10-,13+,14+/m0/s1. The molecule has 2 amide bonds. The summed E-state index contributed by atoms with van der Waals surface area (Å²) in [6.45, 7) is 1.45. The highest BCUT2D eigenvalue weighted by Gasteiger charge is 2.50. The second-order valence-corrected chi connectivity index (χ2v) is 7.07. The number of halogens is 2. The molecular weight excluding hydrogens is 365 g/mol. The van der Waals surface area contributed by atoms with Crippen LogP contribution in [0.2, 0.25) is 10.0 Å². The summed E-state index contributed by atoms with van der Waals surface area (Å²) in [6.07, 6.45) is 4.88. The van der Waals surface area contributed by atoms with Crippen LogP contribution in [0.4, 0.5) is 0 Å². The Labute approximate surface area is 155 Å². The van der Waals surface area contributed by atoms with Gasteiger partial charge >= 0.3 is 5.97 Å². The van der Waals surface area contributed by atoms with Crippen LogP contribution >= 0.6 is 23.2 Å². The third-order valence-electron chi connectivity index (χ3n) is 4.66. The van der Waals surface area contributed by atoms with Crippen LogP contribution in [0.25, 0.3) is 0 Å². The predicted octanol–water partition coefficient (Wildman–Crippen LogP) is 3.38. The van der Waals surface area contributed by atoms with Gasteiger partial charge in [-0.2, -0.15) is 0 Å². The van der Waals surface area contributed by atoms with Gasteiger partial charge in [-0.05, 0) is 31.9 Å². The Balaban J connectivity index is 1.66. The number of esters is 1. The maximum atomic E-state index is 12.5. The minimum Gasteiger partial charge on any atom is -0.459 e. The van der Waals surface area contributed by atoms with Gasteiger partial charge in [0.2, 0.25) is 11.8 Å². The summed E-state index contributed by atoms with van der Waals surface area (Å²) >= 11 is 11.9. The molecule has 0 saturated carbocycles. The van der Waals surface area contributed by atoms with Crippen LogP contribution in [0.1, 0.15) is 25.3 Å². The summed E-state index contributed by atoms with van der Waals surface area (Å²) in [6, 6.07) is 3.90. The zero-order chi connectivity index (χ0) is 18.1. The van der Waals surface area contributed by atoms with Gasteiger partial charge in [0, 0.05) is 15.6 Å². The third kappa shape index (κ3) is 3.44. The number of nitrogens with zero attached hydrogens (tertiary/aromatic N) is 1. The highest BCUT2D eigenvalue weighted by Crippen LogP contribution is 2.36. The lowest BCUT2D eigenvalue weighted by Gasteiger charge is -2.21. The molecule has 1 aliphatic carbocycles. The Hall–Kier alpha value is -1.85. The summed E-state index contributed by atoms with van der Waals surface area (Å²) in [5.74, 6) is -1.96. The Morgan fingerprint density at radius 3 is 2.36 bits per heavy atom. The number of likely N-dealkylation sites (tertiary alicyclic amines) is 1. The molecule has 1 heterocycles. The summed E-state index contributed by atoms with van der Waals surface area (Å²) in [5, 5.41) is 0.872. The summed E-state index contributed by atoms with van der Waals surface area (Å²) in [5.41, 5.74) is 0.601. The van der Waals surface area contributed by atoms with E-state index in [0.29, 0.717) is 28.5 Å². The molecule has 3 rings (SSSR count). The minimum absolute atomic E-state index is 0.0518. The van der Waals surface area contributed by atoms with Crippen molar-refractivity contribution in [1.82, 2.24) is 4.90 Å². The number of carbonyl (C=O) groups is 3. The van der Waals surface area contributed by atoms with Crippen molar-refractivity contribution in [1.29, 1.82) is 0 Å². The maximum Gasteiger partial charge on any atom is 0.329 e. The largest absolute Gasteiger partial charge is 0.459 e. The number of amides is 2. The van der Waals surface area contributed by atoms with E-state index >= 15 is 0 Å². The van der Waals surface area contributed by atoms with Crippen molar-refractivity contribution in [3.05, 3.63) is 46.0 Å². The average Bonchev–Trinajstić information content (AvgIpc) is 2.85. The average molecular weight is 382 g/mol. The predicted molar refractivity (Wildman–Crippen MR) is 92.9 cm³/mol. The van der Waals surface area contributed by atoms with Crippen molar-refractivity contribution >= 4 is 41.0 Å². The van der Waals surface area contributed by atoms with Crippen molar-refractivity contribution in [2.45, 2.75) is 32.4 Å². The molecule has 1 saturated heterocycles. The van der Waals surface area contributed by atoms with Crippen LogP contribution < -0.4 is 0 Å². The van der Waals surface area contributed by atoms with Crippen LogP contribution in [-0.2, 0) is 25.7 Å². The van der Waals surface area contributed by atoms with Gasteiger partial charge in [-0.25, -0.2) is 4.79 Å². The van der Waals surface area contributed by atoms with E-state index in [0.717, 1.165) is 4.90 Å². The molecule has 0 bridgehead atoms. The van der Waals surface area contributed by atoms with Crippen LogP contribution in [0.3, 0.4) is 0 Å². The number of rotatable bonds is 4. The van der Waals surface area contributed by atoms with E-state index in [1.807, 2.05) is 12.2 Å². The van der Waals surface area contributed by atoms with Gasteiger partial charge in [-0.3, -0.25) is 14.5 Å². The quantitative estimate of drug-likeness (QED) is 0.455. The molecule has 7 heteroatoms. The van der Waals surface area contributed by atoms with Crippen molar-refractivity contribution in [2.75, 3.05) is 0 Å². The highest BCUT2D eigenvalue weighted by atomic mass is 35.5. The molecule has 132 valence electrons. The molecule has 1 fully saturated rings. The van der Waals surface area contributed by atoms with Crippen LogP contribution in [0.5, 0.6) is 0 Å². The van der Waals surface area contributed by atoms with Gasteiger partial charge in [0.1, 0.15) is 12.6 Å². The molecule has 0 radical (unpaired) electrons. The number of fused-ring (bicyclic) bond motifs is 1. The van der Waals surface area contributed by atoms with Gasteiger partial charge in [0.15, 0.2) is 0 Å². The van der Waals surface area contributed by atoms with Crippen molar-refractivity contribution in [3.63, 3.8) is 0 Å². The van der Waals surface area contributed by atoms with E-state index < -0.39 is 12.0 Å². The summed E-state index contributed by atoms with van der Waals surface area (Å²) < 4.78 is 5.24. The second kappa shape index (κ2) is 7.18. The first-order chi connectivity index (χ1) is 11.9. The Kier molecular flexibility index (Phi) is 5.16. The molecule has 3 atom stereocenters. The Morgan fingerprint density at radius 1 is 1.20 bits per heavy atom. The topological polar surface area (TPSA) is 63.7 Å². The lowest BCUT2D eigenvalue weighted by Crippen LogP contribution is -2.44. The molecular formula is C18H17Cl2NO4. The van der Waals surface area contributed by atoms with Crippen molar-refractivity contribution in [2.24, 2.45) is 11.8 Å². The Morgan fingerprint density at radius 2 is 1.80 bits per heavy atom. The Bertz CT molecular complexity index is 735. The van der Waals surface area contributed by atoms with Gasteiger partial charge in [-0.15, -0.1) is 0 Å². The lowest BCUT2D eigenvalue weighted by molar-refractivity contribution is -0.159. The molecule has 2 aliphatic rings. The van der Waals surface area contributed by atoms with Gasteiger partial charge in [0.25, 0.3) is 0 Å². The molecule has 0 unspecified atom stereocenters. The zero-order valence-corrected chi connectivity index (χ0v) is 15.1.